The topological polar surface area (TPSA) is 79.9 Å². The Balaban J connectivity index is 1.96. The minimum absolute atomic E-state index is 0.0158. The second kappa shape index (κ2) is 8.85. The van der Waals surface area contributed by atoms with Crippen LogP contribution in [-0.2, 0) is 22.4 Å². The van der Waals surface area contributed by atoms with Crippen LogP contribution in [0.5, 0.6) is 0 Å². The lowest BCUT2D eigenvalue weighted by molar-refractivity contribution is -0.140. The second-order valence-electron chi connectivity index (χ2n) is 6.57. The van der Waals surface area contributed by atoms with Gasteiger partial charge in [0.1, 0.15) is 6.10 Å². The summed E-state index contributed by atoms with van der Waals surface area (Å²) >= 11 is 0. The number of rotatable bonds is 6. The van der Waals surface area contributed by atoms with Crippen molar-refractivity contribution in [2.45, 2.75) is 51.7 Å². The smallest absolute Gasteiger partial charge is 0.251 e. The van der Waals surface area contributed by atoms with Gasteiger partial charge in [0, 0.05) is 19.8 Å². The number of ether oxygens (including phenoxy) is 1. The summed E-state index contributed by atoms with van der Waals surface area (Å²) in [6.07, 6.45) is 3.03. The number of aliphatic imine (C=N–C) groups is 1. The summed E-state index contributed by atoms with van der Waals surface area (Å²) in [5, 5.41) is 3.25. The fourth-order valence-electron chi connectivity index (χ4n) is 3.08. The first-order valence-corrected chi connectivity index (χ1v) is 9.00. The third-order valence-electron chi connectivity index (χ3n) is 4.54. The number of nitrogens with one attached hydrogen (secondary N) is 1. The van der Waals surface area contributed by atoms with Crippen LogP contribution < -0.4 is 11.1 Å². The number of anilines is 1. The van der Waals surface area contributed by atoms with Crippen LogP contribution in [0.2, 0.25) is 0 Å². The predicted octanol–water partition coefficient (Wildman–Crippen LogP) is 2.17. The normalized spacial score (nSPS) is 20.6. The average molecular weight is 346 g/mol. The van der Waals surface area contributed by atoms with Crippen molar-refractivity contribution < 1.29 is 9.53 Å². The summed E-state index contributed by atoms with van der Waals surface area (Å²) in [4.78, 5) is 17.9. The van der Waals surface area contributed by atoms with E-state index in [2.05, 4.69) is 42.4 Å². The van der Waals surface area contributed by atoms with Crippen molar-refractivity contribution >= 4 is 17.6 Å². The minimum atomic E-state index is -0.350. The van der Waals surface area contributed by atoms with Crippen molar-refractivity contribution in [3.8, 4) is 0 Å². The SMILES string of the molecule is CCc1cccc(CC)c1NC(N)=NCC1CCC(C(=O)N(C)C)O1. The molecule has 0 radical (unpaired) electrons. The molecule has 0 saturated carbocycles. The number of hydrogen-bond acceptors (Lipinski definition) is 3. The fourth-order valence-corrected chi connectivity index (χ4v) is 3.08. The van der Waals surface area contributed by atoms with Gasteiger partial charge in [-0.1, -0.05) is 32.0 Å². The molecule has 1 amide bonds. The first-order chi connectivity index (χ1) is 12.0. The number of nitrogens with two attached hydrogens (primary N) is 1. The first-order valence-electron chi connectivity index (χ1n) is 9.00. The molecule has 25 heavy (non-hydrogen) atoms. The molecule has 2 atom stereocenters. The van der Waals surface area contributed by atoms with Crippen molar-refractivity contribution in [1.29, 1.82) is 0 Å². The molecule has 6 heteroatoms. The van der Waals surface area contributed by atoms with Gasteiger partial charge in [0.15, 0.2) is 5.96 Å². The molecule has 1 aliphatic rings. The van der Waals surface area contributed by atoms with Crippen LogP contribution in [0.25, 0.3) is 0 Å². The largest absolute Gasteiger partial charge is 0.370 e. The zero-order valence-electron chi connectivity index (χ0n) is 15.7. The van der Waals surface area contributed by atoms with Gasteiger partial charge in [-0.05, 0) is 36.8 Å². The Morgan fingerprint density at radius 1 is 1.28 bits per heavy atom. The van der Waals surface area contributed by atoms with E-state index in [0.717, 1.165) is 31.4 Å². The highest BCUT2D eigenvalue weighted by molar-refractivity contribution is 5.93. The maximum absolute atomic E-state index is 11.9. The molecular weight excluding hydrogens is 316 g/mol. The van der Waals surface area contributed by atoms with Crippen LogP contribution >= 0.6 is 0 Å². The van der Waals surface area contributed by atoms with Crippen LogP contribution in [0, 0.1) is 0 Å². The molecule has 1 saturated heterocycles. The Morgan fingerprint density at radius 3 is 2.48 bits per heavy atom. The Hall–Kier alpha value is -2.08. The molecule has 3 N–H and O–H groups in total. The van der Waals surface area contributed by atoms with Crippen molar-refractivity contribution in [3.05, 3.63) is 29.3 Å². The third kappa shape index (κ3) is 4.95. The van der Waals surface area contributed by atoms with Gasteiger partial charge in [-0.3, -0.25) is 9.79 Å². The number of aryl methyl sites for hydroxylation is 2. The molecule has 138 valence electrons. The molecule has 1 heterocycles. The lowest BCUT2D eigenvalue weighted by Gasteiger charge is -2.17. The van der Waals surface area contributed by atoms with E-state index in [9.17, 15) is 4.79 Å². The summed E-state index contributed by atoms with van der Waals surface area (Å²) in [5.74, 6) is 0.406. The molecule has 0 spiro atoms. The van der Waals surface area contributed by atoms with Gasteiger partial charge in [-0.25, -0.2) is 0 Å². The van der Waals surface area contributed by atoms with Crippen LogP contribution in [0.3, 0.4) is 0 Å². The van der Waals surface area contributed by atoms with E-state index < -0.39 is 0 Å². The lowest BCUT2D eigenvalue weighted by Crippen LogP contribution is -2.34. The monoisotopic (exact) mass is 346 g/mol. The molecule has 0 aromatic heterocycles. The molecule has 0 aliphatic carbocycles. The number of nitrogens with zero attached hydrogens (tertiary/aromatic N) is 2. The second-order valence-corrected chi connectivity index (χ2v) is 6.57. The Labute approximate surface area is 150 Å². The molecule has 6 nitrogen and oxygen atoms in total. The van der Waals surface area contributed by atoms with E-state index in [1.807, 2.05) is 0 Å². The Bertz CT molecular complexity index is 606. The summed E-state index contributed by atoms with van der Waals surface area (Å²) in [5.41, 5.74) is 9.60. The van der Waals surface area contributed by atoms with Gasteiger partial charge in [0.2, 0.25) is 0 Å². The number of hydrogen-bond donors (Lipinski definition) is 2. The van der Waals surface area contributed by atoms with E-state index in [-0.39, 0.29) is 18.1 Å². The van der Waals surface area contributed by atoms with E-state index >= 15 is 0 Å². The molecule has 0 bridgehead atoms. The van der Waals surface area contributed by atoms with Crippen LogP contribution in [0.15, 0.2) is 23.2 Å². The van der Waals surface area contributed by atoms with Crippen molar-refractivity contribution in [3.63, 3.8) is 0 Å². The molecule has 1 fully saturated rings. The quantitative estimate of drug-likeness (QED) is 0.611. The summed E-state index contributed by atoms with van der Waals surface area (Å²) in [6.45, 7) is 4.72. The molecular formula is C19H30N4O2. The summed E-state index contributed by atoms with van der Waals surface area (Å²) in [7, 11) is 3.49. The van der Waals surface area contributed by atoms with Crippen molar-refractivity contribution in [1.82, 2.24) is 4.90 Å². The highest BCUT2D eigenvalue weighted by Gasteiger charge is 2.31. The highest BCUT2D eigenvalue weighted by Crippen LogP contribution is 2.23. The number of carbonyl (C=O) groups excluding carboxylic acids is 1. The maximum atomic E-state index is 11.9. The lowest BCUT2D eigenvalue weighted by atomic mass is 10.0. The van der Waals surface area contributed by atoms with E-state index in [1.165, 1.54) is 11.1 Å². The number of para-hydroxylation sites is 1. The van der Waals surface area contributed by atoms with Crippen LogP contribution in [-0.4, -0.2) is 49.6 Å². The zero-order valence-corrected chi connectivity index (χ0v) is 15.7. The van der Waals surface area contributed by atoms with Gasteiger partial charge in [0.25, 0.3) is 5.91 Å². The van der Waals surface area contributed by atoms with Gasteiger partial charge in [-0.15, -0.1) is 0 Å². The molecule has 1 aromatic rings. The maximum Gasteiger partial charge on any atom is 0.251 e. The average Bonchev–Trinajstić information content (AvgIpc) is 3.08. The Morgan fingerprint density at radius 2 is 1.92 bits per heavy atom. The molecule has 1 aromatic carbocycles. The Kier molecular flexibility index (Phi) is 6.82. The number of carbonyl (C=O) groups is 1. The third-order valence-corrected chi connectivity index (χ3v) is 4.54. The summed E-state index contributed by atoms with van der Waals surface area (Å²) in [6, 6.07) is 6.28. The highest BCUT2D eigenvalue weighted by atomic mass is 16.5. The number of amides is 1. The molecule has 2 unspecified atom stereocenters. The van der Waals surface area contributed by atoms with E-state index in [0.29, 0.717) is 12.5 Å². The van der Waals surface area contributed by atoms with Gasteiger partial charge in [-0.2, -0.15) is 0 Å². The van der Waals surface area contributed by atoms with Gasteiger partial charge < -0.3 is 20.7 Å². The van der Waals surface area contributed by atoms with Crippen LogP contribution in [0.4, 0.5) is 5.69 Å². The number of benzene rings is 1. The van der Waals surface area contributed by atoms with Crippen molar-refractivity contribution in [2.24, 2.45) is 10.7 Å². The number of likely N-dealkylation sites (N-methyl/N-ethyl adjacent to an activating group) is 1. The number of guanidine groups is 1. The van der Waals surface area contributed by atoms with Gasteiger partial charge >= 0.3 is 0 Å². The summed E-state index contributed by atoms with van der Waals surface area (Å²) < 4.78 is 5.79. The first kappa shape index (κ1) is 19.2. The molecule has 2 rings (SSSR count). The van der Waals surface area contributed by atoms with Crippen LogP contribution in [0.1, 0.15) is 37.8 Å². The van der Waals surface area contributed by atoms with Crippen molar-refractivity contribution in [2.75, 3.05) is 26.0 Å². The zero-order chi connectivity index (χ0) is 18.4. The fraction of sp³-hybridized carbons (Fsp3) is 0.579. The predicted molar refractivity (Wildman–Crippen MR) is 102 cm³/mol. The van der Waals surface area contributed by atoms with E-state index in [4.69, 9.17) is 10.5 Å². The molecule has 1 aliphatic heterocycles. The standard InChI is InChI=1S/C19H30N4O2/c1-5-13-8-7-9-14(6-2)17(13)22-19(20)21-12-15-10-11-16(25-15)18(24)23(3)4/h7-9,15-16H,5-6,10-12H2,1-4H3,(H3,20,21,22). The van der Waals surface area contributed by atoms with E-state index in [1.54, 1.807) is 19.0 Å². The van der Waals surface area contributed by atoms with Gasteiger partial charge in [0.05, 0.1) is 12.6 Å². The minimum Gasteiger partial charge on any atom is -0.370 e.